The van der Waals surface area contributed by atoms with Gasteiger partial charge in [0.2, 0.25) is 0 Å². The Hall–Kier alpha value is -0.160. The molecule has 76 valence electrons. The molecule has 0 saturated carbocycles. The Bertz CT molecular complexity index is 162. The van der Waals surface area contributed by atoms with Crippen LogP contribution in [0.4, 0.5) is 0 Å². The summed E-state index contributed by atoms with van der Waals surface area (Å²) in [6.07, 6.45) is 1.80. The van der Waals surface area contributed by atoms with E-state index in [-0.39, 0.29) is 0 Å². The standard InChI is InChI=1S/C9H17NO3/c11-9(2-4-13-7-9)6-10-8-1-3-12-5-8/h8,10-11H,1-7H2. The van der Waals surface area contributed by atoms with Crippen molar-refractivity contribution in [3.05, 3.63) is 0 Å². The van der Waals surface area contributed by atoms with Gasteiger partial charge in [-0.05, 0) is 6.42 Å². The van der Waals surface area contributed by atoms with Crippen molar-refractivity contribution in [1.82, 2.24) is 5.32 Å². The van der Waals surface area contributed by atoms with Gasteiger partial charge < -0.3 is 19.9 Å². The quantitative estimate of drug-likeness (QED) is 0.626. The molecule has 0 spiro atoms. The van der Waals surface area contributed by atoms with Gasteiger partial charge in [0, 0.05) is 32.2 Å². The van der Waals surface area contributed by atoms with Crippen LogP contribution in [0.3, 0.4) is 0 Å². The van der Waals surface area contributed by atoms with Crippen molar-refractivity contribution in [3.63, 3.8) is 0 Å². The van der Waals surface area contributed by atoms with E-state index in [2.05, 4.69) is 5.32 Å². The molecule has 4 heteroatoms. The summed E-state index contributed by atoms with van der Waals surface area (Å²) < 4.78 is 10.4. The molecule has 2 heterocycles. The van der Waals surface area contributed by atoms with Gasteiger partial charge >= 0.3 is 0 Å². The third-order valence-electron chi connectivity index (χ3n) is 2.73. The smallest absolute Gasteiger partial charge is 0.103 e. The molecule has 0 radical (unpaired) electrons. The van der Waals surface area contributed by atoms with E-state index in [1.807, 2.05) is 0 Å². The third kappa shape index (κ3) is 2.40. The molecule has 2 aliphatic rings. The number of aliphatic hydroxyl groups is 1. The van der Waals surface area contributed by atoms with E-state index >= 15 is 0 Å². The molecular formula is C9H17NO3. The molecule has 2 N–H and O–H groups in total. The summed E-state index contributed by atoms with van der Waals surface area (Å²) >= 11 is 0. The van der Waals surface area contributed by atoms with Crippen molar-refractivity contribution in [2.24, 2.45) is 0 Å². The van der Waals surface area contributed by atoms with Crippen LogP contribution in [-0.4, -0.2) is 49.7 Å². The summed E-state index contributed by atoms with van der Waals surface area (Å²) in [7, 11) is 0. The first kappa shape index (κ1) is 9.40. The van der Waals surface area contributed by atoms with Gasteiger partial charge in [-0.25, -0.2) is 0 Å². The summed E-state index contributed by atoms with van der Waals surface area (Å²) in [5.41, 5.74) is -0.636. The van der Waals surface area contributed by atoms with E-state index in [1.165, 1.54) is 0 Å². The molecule has 2 fully saturated rings. The lowest BCUT2D eigenvalue weighted by Gasteiger charge is -2.22. The Labute approximate surface area is 78.2 Å². The number of rotatable bonds is 3. The van der Waals surface area contributed by atoms with E-state index in [9.17, 15) is 5.11 Å². The highest BCUT2D eigenvalue weighted by molar-refractivity contribution is 4.86. The Morgan fingerprint density at radius 2 is 2.31 bits per heavy atom. The average molecular weight is 187 g/mol. The van der Waals surface area contributed by atoms with Crippen molar-refractivity contribution in [2.45, 2.75) is 24.5 Å². The van der Waals surface area contributed by atoms with Gasteiger partial charge in [0.05, 0.1) is 13.2 Å². The normalized spacial score (nSPS) is 39.9. The highest BCUT2D eigenvalue weighted by atomic mass is 16.5. The molecule has 0 aliphatic carbocycles. The fourth-order valence-electron chi connectivity index (χ4n) is 1.77. The SMILES string of the molecule is OC1(CNC2CCOC2)CCOC1. The monoisotopic (exact) mass is 187 g/mol. The maximum atomic E-state index is 9.92. The van der Waals surface area contributed by atoms with Crippen LogP contribution in [0.1, 0.15) is 12.8 Å². The number of nitrogens with one attached hydrogen (secondary N) is 1. The second-order valence-electron chi connectivity index (χ2n) is 3.97. The van der Waals surface area contributed by atoms with Crippen molar-refractivity contribution < 1.29 is 14.6 Å². The fourth-order valence-corrected chi connectivity index (χ4v) is 1.77. The summed E-state index contributed by atoms with van der Waals surface area (Å²) in [5.74, 6) is 0. The molecule has 0 aromatic rings. The van der Waals surface area contributed by atoms with Crippen molar-refractivity contribution in [1.29, 1.82) is 0 Å². The van der Waals surface area contributed by atoms with E-state index in [0.29, 0.717) is 25.8 Å². The van der Waals surface area contributed by atoms with E-state index in [4.69, 9.17) is 9.47 Å². The van der Waals surface area contributed by atoms with Crippen molar-refractivity contribution in [2.75, 3.05) is 33.0 Å². The Morgan fingerprint density at radius 1 is 1.38 bits per heavy atom. The van der Waals surface area contributed by atoms with Crippen LogP contribution in [0.25, 0.3) is 0 Å². The minimum Gasteiger partial charge on any atom is -0.386 e. The van der Waals surface area contributed by atoms with Crippen LogP contribution in [0.2, 0.25) is 0 Å². The summed E-state index contributed by atoms with van der Waals surface area (Å²) in [5, 5.41) is 13.2. The molecule has 2 unspecified atom stereocenters. The molecular weight excluding hydrogens is 170 g/mol. The summed E-state index contributed by atoms with van der Waals surface area (Å²) in [4.78, 5) is 0. The van der Waals surface area contributed by atoms with Gasteiger partial charge in [-0.2, -0.15) is 0 Å². The lowest BCUT2D eigenvalue weighted by Crippen LogP contribution is -2.45. The maximum absolute atomic E-state index is 9.92. The molecule has 13 heavy (non-hydrogen) atoms. The largest absolute Gasteiger partial charge is 0.386 e. The minimum absolute atomic E-state index is 0.421. The van der Waals surface area contributed by atoms with Crippen LogP contribution < -0.4 is 5.32 Å². The molecule has 0 bridgehead atoms. The van der Waals surface area contributed by atoms with Crippen LogP contribution in [0, 0.1) is 0 Å². The van der Waals surface area contributed by atoms with Gasteiger partial charge in [0.15, 0.2) is 0 Å². The molecule has 0 aromatic heterocycles. The molecule has 2 aliphatic heterocycles. The molecule has 4 nitrogen and oxygen atoms in total. The number of hydrogen-bond donors (Lipinski definition) is 2. The van der Waals surface area contributed by atoms with Crippen LogP contribution in [0.15, 0.2) is 0 Å². The number of hydrogen-bond acceptors (Lipinski definition) is 4. The molecule has 0 amide bonds. The van der Waals surface area contributed by atoms with Crippen molar-refractivity contribution >= 4 is 0 Å². The number of ether oxygens (including phenoxy) is 2. The van der Waals surface area contributed by atoms with E-state index < -0.39 is 5.60 Å². The summed E-state index contributed by atoms with van der Waals surface area (Å²) in [6.45, 7) is 3.39. The predicted octanol–water partition coefficient (Wildman–Crippen LogP) is -0.484. The predicted molar refractivity (Wildman–Crippen MR) is 47.6 cm³/mol. The molecule has 0 aromatic carbocycles. The zero-order valence-electron chi connectivity index (χ0n) is 7.79. The highest BCUT2D eigenvalue weighted by Crippen LogP contribution is 2.17. The third-order valence-corrected chi connectivity index (χ3v) is 2.73. The minimum atomic E-state index is -0.636. The average Bonchev–Trinajstić information content (AvgIpc) is 2.72. The van der Waals surface area contributed by atoms with Crippen LogP contribution in [-0.2, 0) is 9.47 Å². The van der Waals surface area contributed by atoms with Crippen LogP contribution >= 0.6 is 0 Å². The van der Waals surface area contributed by atoms with Gasteiger partial charge in [-0.1, -0.05) is 0 Å². The Kier molecular flexibility index (Phi) is 2.83. The topological polar surface area (TPSA) is 50.7 Å². The van der Waals surface area contributed by atoms with Gasteiger partial charge in [0.25, 0.3) is 0 Å². The van der Waals surface area contributed by atoms with Crippen LogP contribution in [0.5, 0.6) is 0 Å². The first-order chi connectivity index (χ1) is 6.29. The lowest BCUT2D eigenvalue weighted by molar-refractivity contribution is 0.0245. The first-order valence-electron chi connectivity index (χ1n) is 4.90. The Morgan fingerprint density at radius 3 is 2.92 bits per heavy atom. The first-order valence-corrected chi connectivity index (χ1v) is 4.90. The van der Waals surface area contributed by atoms with Gasteiger partial charge in [0.1, 0.15) is 5.60 Å². The van der Waals surface area contributed by atoms with Gasteiger partial charge in [-0.15, -0.1) is 0 Å². The molecule has 2 saturated heterocycles. The second-order valence-corrected chi connectivity index (χ2v) is 3.97. The van der Waals surface area contributed by atoms with Crippen molar-refractivity contribution in [3.8, 4) is 0 Å². The van der Waals surface area contributed by atoms with E-state index in [1.54, 1.807) is 0 Å². The lowest BCUT2D eigenvalue weighted by atomic mass is 10.0. The summed E-state index contributed by atoms with van der Waals surface area (Å²) in [6, 6.07) is 0.421. The highest BCUT2D eigenvalue weighted by Gasteiger charge is 2.32. The maximum Gasteiger partial charge on any atom is 0.103 e. The fraction of sp³-hybridized carbons (Fsp3) is 1.00. The zero-order valence-corrected chi connectivity index (χ0v) is 7.79. The van der Waals surface area contributed by atoms with Gasteiger partial charge in [-0.3, -0.25) is 0 Å². The zero-order chi connectivity index (χ0) is 9.15. The molecule has 2 atom stereocenters. The van der Waals surface area contributed by atoms with E-state index in [0.717, 1.165) is 26.1 Å². The Balaban J connectivity index is 1.71. The second kappa shape index (κ2) is 3.92. The molecule has 2 rings (SSSR count).